The molecule has 1 aromatic heterocycles. The molecule has 2 nitrogen and oxygen atoms in total. The molecule has 1 saturated carbocycles. The van der Waals surface area contributed by atoms with Crippen LogP contribution in [0.25, 0.3) is 0 Å². The van der Waals surface area contributed by atoms with Gasteiger partial charge in [0.2, 0.25) is 0 Å². The molecule has 0 amide bonds. The Morgan fingerprint density at radius 2 is 2.24 bits per heavy atom. The topological polar surface area (TPSA) is 24.9 Å². The molecule has 96 valence electrons. The molecule has 1 aromatic rings. The molecule has 0 aliphatic heterocycles. The van der Waals surface area contributed by atoms with Gasteiger partial charge in [-0.25, -0.2) is 4.98 Å². The minimum absolute atomic E-state index is 0.135. The van der Waals surface area contributed by atoms with E-state index in [-0.39, 0.29) is 5.54 Å². The number of aromatic nitrogens is 1. The predicted octanol–water partition coefficient (Wildman–Crippen LogP) is 3.89. The minimum atomic E-state index is 0.135. The lowest BCUT2D eigenvalue weighted by atomic mass is 9.74. The molecule has 2 atom stereocenters. The monoisotopic (exact) mass is 252 g/mol. The van der Waals surface area contributed by atoms with Crippen molar-refractivity contribution in [3.8, 4) is 0 Å². The Kier molecular flexibility index (Phi) is 3.88. The van der Waals surface area contributed by atoms with Crippen LogP contribution in [0.5, 0.6) is 0 Å². The number of rotatable bonds is 3. The number of thiazole rings is 1. The van der Waals surface area contributed by atoms with Crippen LogP contribution in [-0.2, 0) is 5.54 Å². The summed E-state index contributed by atoms with van der Waals surface area (Å²) in [4.78, 5) is 4.88. The van der Waals surface area contributed by atoms with E-state index >= 15 is 0 Å². The number of nitrogens with zero attached hydrogens (tertiary/aromatic N) is 1. The Hall–Kier alpha value is -0.410. The van der Waals surface area contributed by atoms with E-state index in [9.17, 15) is 0 Å². The molecule has 1 heterocycles. The molecule has 0 aromatic carbocycles. The average molecular weight is 252 g/mol. The third-order valence-corrected chi connectivity index (χ3v) is 5.28. The molecular weight excluding hydrogens is 228 g/mol. The van der Waals surface area contributed by atoms with E-state index in [0.29, 0.717) is 11.8 Å². The Balaban J connectivity index is 2.32. The third kappa shape index (κ3) is 2.27. The first-order chi connectivity index (χ1) is 8.10. The second-order valence-corrected chi connectivity index (χ2v) is 6.46. The zero-order valence-electron chi connectivity index (χ0n) is 11.4. The van der Waals surface area contributed by atoms with E-state index in [4.69, 9.17) is 4.98 Å². The maximum atomic E-state index is 4.88. The summed E-state index contributed by atoms with van der Waals surface area (Å²) in [6.07, 6.45) is 5.24. The van der Waals surface area contributed by atoms with E-state index in [1.807, 2.05) is 11.3 Å². The van der Waals surface area contributed by atoms with Crippen LogP contribution in [0, 0.1) is 5.92 Å². The van der Waals surface area contributed by atoms with Gasteiger partial charge in [-0.1, -0.05) is 33.6 Å². The second-order valence-electron chi connectivity index (χ2n) is 5.60. The van der Waals surface area contributed by atoms with Crippen LogP contribution in [0.15, 0.2) is 5.38 Å². The highest BCUT2D eigenvalue weighted by Crippen LogP contribution is 2.42. The van der Waals surface area contributed by atoms with E-state index < -0.39 is 0 Å². The third-order valence-electron chi connectivity index (χ3n) is 4.24. The van der Waals surface area contributed by atoms with Gasteiger partial charge >= 0.3 is 0 Å². The van der Waals surface area contributed by atoms with E-state index in [1.165, 1.54) is 36.4 Å². The molecule has 1 fully saturated rings. The first kappa shape index (κ1) is 13.0. The molecule has 1 aliphatic carbocycles. The SMILES string of the molecule is CNC1(c2nc(C(C)C)cs2)CCCCC1C. The molecule has 2 unspecified atom stereocenters. The summed E-state index contributed by atoms with van der Waals surface area (Å²) in [5.74, 6) is 1.22. The summed E-state index contributed by atoms with van der Waals surface area (Å²) in [5.41, 5.74) is 1.38. The van der Waals surface area contributed by atoms with Crippen LogP contribution in [0.2, 0.25) is 0 Å². The standard InChI is InChI=1S/C14H24N2S/c1-10(2)12-9-17-13(16-12)14(15-4)8-6-5-7-11(14)3/h9-11,15H,5-8H2,1-4H3. The lowest BCUT2D eigenvalue weighted by Crippen LogP contribution is -2.47. The normalized spacial score (nSPS) is 29.8. The van der Waals surface area contributed by atoms with Crippen molar-refractivity contribution in [2.24, 2.45) is 5.92 Å². The lowest BCUT2D eigenvalue weighted by Gasteiger charge is -2.41. The van der Waals surface area contributed by atoms with Gasteiger partial charge in [0.15, 0.2) is 0 Å². The van der Waals surface area contributed by atoms with Gasteiger partial charge in [-0.15, -0.1) is 11.3 Å². The van der Waals surface area contributed by atoms with Crippen molar-refractivity contribution in [2.75, 3.05) is 7.05 Å². The van der Waals surface area contributed by atoms with Crippen molar-refractivity contribution in [3.63, 3.8) is 0 Å². The second kappa shape index (κ2) is 5.07. The van der Waals surface area contributed by atoms with E-state index in [1.54, 1.807) is 0 Å². The number of hydrogen-bond acceptors (Lipinski definition) is 3. The van der Waals surface area contributed by atoms with Gasteiger partial charge < -0.3 is 5.32 Å². The Morgan fingerprint density at radius 3 is 2.76 bits per heavy atom. The van der Waals surface area contributed by atoms with Crippen LogP contribution in [0.3, 0.4) is 0 Å². The minimum Gasteiger partial charge on any atom is -0.308 e. The number of hydrogen-bond donors (Lipinski definition) is 1. The molecule has 0 bridgehead atoms. The molecule has 3 heteroatoms. The molecule has 0 saturated heterocycles. The van der Waals surface area contributed by atoms with Gasteiger partial charge in [-0.05, 0) is 31.7 Å². The zero-order valence-corrected chi connectivity index (χ0v) is 12.2. The first-order valence-corrected chi connectivity index (χ1v) is 7.63. The average Bonchev–Trinajstić information content (AvgIpc) is 2.80. The fourth-order valence-corrected chi connectivity index (χ4v) is 4.23. The van der Waals surface area contributed by atoms with Crippen LogP contribution in [-0.4, -0.2) is 12.0 Å². The maximum Gasteiger partial charge on any atom is 0.113 e. The fraction of sp³-hybridized carbons (Fsp3) is 0.786. The van der Waals surface area contributed by atoms with E-state index in [0.717, 1.165) is 0 Å². The van der Waals surface area contributed by atoms with Gasteiger partial charge in [-0.3, -0.25) is 0 Å². The first-order valence-electron chi connectivity index (χ1n) is 6.75. The van der Waals surface area contributed by atoms with Gasteiger partial charge in [0.1, 0.15) is 5.01 Å². The van der Waals surface area contributed by atoms with Gasteiger partial charge in [0.05, 0.1) is 11.2 Å². The molecular formula is C14H24N2S. The summed E-state index contributed by atoms with van der Waals surface area (Å²) in [5, 5.41) is 7.12. The van der Waals surface area contributed by atoms with Crippen molar-refractivity contribution < 1.29 is 0 Å². The Labute approximate surface area is 109 Å². The molecule has 17 heavy (non-hydrogen) atoms. The number of nitrogens with one attached hydrogen (secondary N) is 1. The summed E-state index contributed by atoms with van der Waals surface area (Å²) < 4.78 is 0. The molecule has 0 radical (unpaired) electrons. The predicted molar refractivity (Wildman–Crippen MR) is 74.6 cm³/mol. The van der Waals surface area contributed by atoms with Gasteiger partial charge in [0, 0.05) is 5.38 Å². The van der Waals surface area contributed by atoms with Crippen molar-refractivity contribution >= 4 is 11.3 Å². The Bertz CT molecular complexity index is 372. The van der Waals surface area contributed by atoms with Crippen LogP contribution >= 0.6 is 11.3 Å². The van der Waals surface area contributed by atoms with Crippen molar-refractivity contribution in [1.29, 1.82) is 0 Å². The van der Waals surface area contributed by atoms with Gasteiger partial charge in [0.25, 0.3) is 0 Å². The van der Waals surface area contributed by atoms with Crippen molar-refractivity contribution in [2.45, 2.75) is 57.9 Å². The molecule has 0 spiro atoms. The summed E-state index contributed by atoms with van der Waals surface area (Å²) in [6.45, 7) is 6.80. The highest BCUT2D eigenvalue weighted by atomic mass is 32.1. The molecule has 2 rings (SSSR count). The quantitative estimate of drug-likeness (QED) is 0.882. The largest absolute Gasteiger partial charge is 0.308 e. The zero-order chi connectivity index (χ0) is 12.5. The van der Waals surface area contributed by atoms with E-state index in [2.05, 4.69) is 38.5 Å². The van der Waals surface area contributed by atoms with Crippen molar-refractivity contribution in [3.05, 3.63) is 16.1 Å². The van der Waals surface area contributed by atoms with Crippen LogP contribution in [0.4, 0.5) is 0 Å². The Morgan fingerprint density at radius 1 is 1.47 bits per heavy atom. The molecule has 1 aliphatic rings. The molecule has 1 N–H and O–H groups in total. The summed E-state index contributed by atoms with van der Waals surface area (Å²) in [7, 11) is 2.10. The van der Waals surface area contributed by atoms with Crippen molar-refractivity contribution in [1.82, 2.24) is 10.3 Å². The highest BCUT2D eigenvalue weighted by Gasteiger charge is 2.40. The highest BCUT2D eigenvalue weighted by molar-refractivity contribution is 7.09. The van der Waals surface area contributed by atoms with Gasteiger partial charge in [-0.2, -0.15) is 0 Å². The summed E-state index contributed by atoms with van der Waals surface area (Å²) in [6, 6.07) is 0. The summed E-state index contributed by atoms with van der Waals surface area (Å²) >= 11 is 1.84. The van der Waals surface area contributed by atoms with Crippen LogP contribution in [0.1, 0.15) is 63.1 Å². The van der Waals surface area contributed by atoms with Crippen LogP contribution < -0.4 is 5.32 Å². The smallest absolute Gasteiger partial charge is 0.113 e. The maximum absolute atomic E-state index is 4.88. The fourth-order valence-electron chi connectivity index (χ4n) is 2.90. The lowest BCUT2D eigenvalue weighted by molar-refractivity contribution is 0.165.